The Morgan fingerprint density at radius 1 is 1.22 bits per heavy atom. The van der Waals surface area contributed by atoms with Crippen molar-refractivity contribution in [2.75, 3.05) is 18.1 Å². The van der Waals surface area contributed by atoms with Gasteiger partial charge in [0.05, 0.1) is 17.1 Å². The molecule has 5 nitrogen and oxygen atoms in total. The number of hydrogen-bond acceptors (Lipinski definition) is 4. The summed E-state index contributed by atoms with van der Waals surface area (Å²) in [5.41, 5.74) is -0.481. The molecule has 8 heteroatoms. The van der Waals surface area contributed by atoms with Gasteiger partial charge in [-0.3, -0.25) is 4.79 Å². The van der Waals surface area contributed by atoms with Gasteiger partial charge in [0.2, 0.25) is 5.82 Å². The molecule has 1 N–H and O–H groups in total. The van der Waals surface area contributed by atoms with Crippen LogP contribution in [0.2, 0.25) is 0 Å². The van der Waals surface area contributed by atoms with Gasteiger partial charge in [0, 0.05) is 12.6 Å². The summed E-state index contributed by atoms with van der Waals surface area (Å²) in [5.74, 6) is -4.51. The van der Waals surface area contributed by atoms with Crippen molar-refractivity contribution in [2.45, 2.75) is 25.3 Å². The van der Waals surface area contributed by atoms with Crippen molar-refractivity contribution in [2.24, 2.45) is 5.92 Å². The summed E-state index contributed by atoms with van der Waals surface area (Å²) in [6, 6.07) is 1.46. The van der Waals surface area contributed by atoms with E-state index >= 15 is 0 Å². The second-order valence-electron chi connectivity index (χ2n) is 6.13. The van der Waals surface area contributed by atoms with Crippen molar-refractivity contribution in [1.29, 1.82) is 0 Å². The highest BCUT2D eigenvalue weighted by Crippen LogP contribution is 2.38. The number of amides is 1. The van der Waals surface area contributed by atoms with Crippen LogP contribution in [0.15, 0.2) is 12.1 Å². The fourth-order valence-electron chi connectivity index (χ4n) is 3.04. The Labute approximate surface area is 132 Å². The highest BCUT2D eigenvalue weighted by Gasteiger charge is 2.42. The molecular weight excluding hydrogens is 328 g/mol. The number of hydrogen-bond donors (Lipinski definition) is 1. The minimum absolute atomic E-state index is 0.00752. The van der Waals surface area contributed by atoms with Gasteiger partial charge in [0.25, 0.3) is 5.91 Å². The van der Waals surface area contributed by atoms with Crippen LogP contribution in [0, 0.1) is 17.6 Å². The van der Waals surface area contributed by atoms with Crippen molar-refractivity contribution in [1.82, 2.24) is 4.90 Å². The Hall–Kier alpha value is -1.70. The van der Waals surface area contributed by atoms with Crippen molar-refractivity contribution in [3.63, 3.8) is 0 Å². The molecule has 2 aliphatic rings. The molecule has 0 aromatic heterocycles. The first kappa shape index (κ1) is 16.2. The molecule has 1 atom stereocenters. The number of halogens is 2. The van der Waals surface area contributed by atoms with E-state index in [0.717, 1.165) is 25.0 Å². The van der Waals surface area contributed by atoms with Crippen LogP contribution in [-0.4, -0.2) is 48.4 Å². The lowest BCUT2D eigenvalue weighted by Crippen LogP contribution is -2.44. The van der Waals surface area contributed by atoms with Crippen LogP contribution in [0.1, 0.15) is 29.6 Å². The van der Waals surface area contributed by atoms with Gasteiger partial charge in [-0.1, -0.05) is 0 Å². The topological polar surface area (TPSA) is 74.7 Å². The van der Waals surface area contributed by atoms with Gasteiger partial charge in [-0.05, 0) is 37.3 Å². The van der Waals surface area contributed by atoms with Gasteiger partial charge in [-0.2, -0.15) is 4.39 Å². The lowest BCUT2D eigenvalue weighted by atomic mass is 10.1. The summed E-state index contributed by atoms with van der Waals surface area (Å²) >= 11 is 0. The molecule has 2 fully saturated rings. The van der Waals surface area contributed by atoms with E-state index in [1.807, 2.05) is 0 Å². The Balaban J connectivity index is 1.95. The molecule has 0 spiro atoms. The monoisotopic (exact) mass is 345 g/mol. The Bertz CT molecular complexity index is 746. The molecular formula is C15H17F2NO4S. The van der Waals surface area contributed by atoms with Crippen molar-refractivity contribution in [3.05, 3.63) is 29.3 Å². The molecule has 1 aromatic carbocycles. The van der Waals surface area contributed by atoms with Crippen molar-refractivity contribution < 1.29 is 27.1 Å². The molecule has 126 valence electrons. The number of nitrogens with zero attached hydrogens (tertiary/aromatic N) is 1. The molecule has 23 heavy (non-hydrogen) atoms. The third-order valence-corrected chi connectivity index (χ3v) is 6.16. The van der Waals surface area contributed by atoms with E-state index in [2.05, 4.69) is 0 Å². The average molecular weight is 345 g/mol. The molecule has 1 aliphatic heterocycles. The molecule has 1 unspecified atom stereocenters. The molecule has 1 aromatic rings. The summed E-state index contributed by atoms with van der Waals surface area (Å²) in [4.78, 5) is 14.0. The van der Waals surface area contributed by atoms with Crippen LogP contribution in [0.4, 0.5) is 8.78 Å². The maximum atomic E-state index is 14.0. The molecule has 1 saturated heterocycles. The molecule has 1 saturated carbocycles. The van der Waals surface area contributed by atoms with Gasteiger partial charge in [-0.25, -0.2) is 12.8 Å². The fraction of sp³-hybridized carbons (Fsp3) is 0.533. The highest BCUT2D eigenvalue weighted by molar-refractivity contribution is 7.91. The first-order valence-electron chi connectivity index (χ1n) is 7.48. The minimum Gasteiger partial charge on any atom is -0.505 e. The number of phenolic OH excluding ortho intramolecular Hbond substituents is 1. The highest BCUT2D eigenvalue weighted by atomic mass is 32.2. The summed E-state index contributed by atoms with van der Waals surface area (Å²) in [6.45, 7) is 0.196. The zero-order valence-corrected chi connectivity index (χ0v) is 13.2. The second kappa shape index (κ2) is 5.74. The Kier molecular flexibility index (Phi) is 4.03. The first-order valence-corrected chi connectivity index (χ1v) is 9.30. The number of carbonyl (C=O) groups is 1. The van der Waals surface area contributed by atoms with Crippen molar-refractivity contribution in [3.8, 4) is 5.75 Å². The van der Waals surface area contributed by atoms with E-state index in [0.29, 0.717) is 0 Å². The number of rotatable bonds is 2. The SMILES string of the molecule is O=C(c1ccc(O)c(F)c1F)N1CCCS(=O)(=O)CC1C1CC1. The maximum absolute atomic E-state index is 14.0. The summed E-state index contributed by atoms with van der Waals surface area (Å²) in [5, 5.41) is 9.16. The smallest absolute Gasteiger partial charge is 0.257 e. The van der Waals surface area contributed by atoms with Crippen molar-refractivity contribution >= 4 is 15.7 Å². The van der Waals surface area contributed by atoms with E-state index in [9.17, 15) is 22.0 Å². The van der Waals surface area contributed by atoms with Gasteiger partial charge < -0.3 is 10.0 Å². The zero-order valence-electron chi connectivity index (χ0n) is 12.3. The number of sulfone groups is 1. The van der Waals surface area contributed by atoms with Crippen LogP contribution < -0.4 is 0 Å². The van der Waals surface area contributed by atoms with Crippen LogP contribution in [0.3, 0.4) is 0 Å². The van der Waals surface area contributed by atoms with E-state index < -0.39 is 44.7 Å². The second-order valence-corrected chi connectivity index (χ2v) is 8.36. The predicted molar refractivity (Wildman–Crippen MR) is 78.8 cm³/mol. The van der Waals surface area contributed by atoms with Crippen LogP contribution >= 0.6 is 0 Å². The number of carbonyl (C=O) groups excluding carboxylic acids is 1. The van der Waals surface area contributed by atoms with E-state index in [1.165, 1.54) is 4.90 Å². The Morgan fingerprint density at radius 2 is 1.91 bits per heavy atom. The minimum atomic E-state index is -3.25. The normalized spacial score (nSPS) is 24.3. The third kappa shape index (κ3) is 3.17. The molecule has 1 amide bonds. The number of benzene rings is 1. The van der Waals surface area contributed by atoms with Crippen LogP contribution in [0.25, 0.3) is 0 Å². The lowest BCUT2D eigenvalue weighted by Gasteiger charge is -2.29. The van der Waals surface area contributed by atoms with E-state index in [4.69, 9.17) is 5.11 Å². The molecule has 1 aliphatic carbocycles. The average Bonchev–Trinajstić information content (AvgIpc) is 3.31. The van der Waals surface area contributed by atoms with Gasteiger partial charge in [-0.15, -0.1) is 0 Å². The summed E-state index contributed by atoms with van der Waals surface area (Å²) in [6.07, 6.45) is 1.94. The quantitative estimate of drug-likeness (QED) is 0.885. The van der Waals surface area contributed by atoms with Gasteiger partial charge in [0.15, 0.2) is 21.4 Å². The molecule has 1 heterocycles. The number of aromatic hydroxyl groups is 1. The first-order chi connectivity index (χ1) is 10.8. The Morgan fingerprint density at radius 3 is 2.57 bits per heavy atom. The largest absolute Gasteiger partial charge is 0.505 e. The molecule has 0 bridgehead atoms. The molecule has 0 radical (unpaired) electrons. The van der Waals surface area contributed by atoms with E-state index in [-0.39, 0.29) is 30.4 Å². The lowest BCUT2D eigenvalue weighted by molar-refractivity contribution is 0.0674. The molecule has 3 rings (SSSR count). The third-order valence-electron chi connectivity index (χ3n) is 4.40. The van der Waals surface area contributed by atoms with Gasteiger partial charge in [0.1, 0.15) is 0 Å². The van der Waals surface area contributed by atoms with E-state index in [1.54, 1.807) is 0 Å². The standard InChI is InChI=1S/C15H17F2NO4S/c16-13-10(4-5-12(19)14(13)17)15(20)18-6-1-7-23(21,22)8-11(18)9-2-3-9/h4-5,9,11,19H,1-3,6-8H2. The zero-order chi connectivity index (χ0) is 16.8. The van der Waals surface area contributed by atoms with Crippen LogP contribution in [0.5, 0.6) is 5.75 Å². The number of phenols is 1. The summed E-state index contributed by atoms with van der Waals surface area (Å²) < 4.78 is 51.4. The summed E-state index contributed by atoms with van der Waals surface area (Å²) in [7, 11) is -3.25. The van der Waals surface area contributed by atoms with Crippen LogP contribution in [-0.2, 0) is 9.84 Å². The fourth-order valence-corrected chi connectivity index (χ4v) is 4.75. The van der Waals surface area contributed by atoms with Gasteiger partial charge >= 0.3 is 0 Å². The maximum Gasteiger partial charge on any atom is 0.257 e. The predicted octanol–water partition coefficient (Wildman–Crippen LogP) is 1.71.